The van der Waals surface area contributed by atoms with E-state index in [0.29, 0.717) is 11.3 Å². The van der Waals surface area contributed by atoms with Crippen LogP contribution in [0.3, 0.4) is 0 Å². The first kappa shape index (κ1) is 20.4. The molecule has 0 spiro atoms. The van der Waals surface area contributed by atoms with Crippen LogP contribution in [0.15, 0.2) is 5.38 Å². The van der Waals surface area contributed by atoms with Crippen molar-refractivity contribution in [2.75, 3.05) is 5.32 Å². The van der Waals surface area contributed by atoms with Crippen LogP contribution in [0, 0.1) is 5.41 Å². The van der Waals surface area contributed by atoms with Crippen molar-refractivity contribution in [2.45, 2.75) is 52.4 Å². The minimum Gasteiger partial charge on any atom is -0.383 e. The van der Waals surface area contributed by atoms with Crippen molar-refractivity contribution < 1.29 is 27.9 Å². The van der Waals surface area contributed by atoms with E-state index in [1.54, 1.807) is 27.7 Å². The number of hydrogen-bond acceptors (Lipinski definition) is 5. The van der Waals surface area contributed by atoms with Crippen molar-refractivity contribution >= 4 is 28.3 Å². The number of rotatable bonds is 5. The fourth-order valence-electron chi connectivity index (χ4n) is 1.65. The number of anilines is 1. The minimum absolute atomic E-state index is 0.200. The van der Waals surface area contributed by atoms with Crippen molar-refractivity contribution in [3.05, 3.63) is 11.1 Å². The smallest absolute Gasteiger partial charge is 0.383 e. The van der Waals surface area contributed by atoms with Crippen LogP contribution in [-0.2, 0) is 15.8 Å². The Hall–Kier alpha value is -1.68. The summed E-state index contributed by atoms with van der Waals surface area (Å²) in [5.74, 6) is -1.42. The third-order valence-corrected chi connectivity index (χ3v) is 3.89. The zero-order valence-electron chi connectivity index (χ0n) is 13.7. The summed E-state index contributed by atoms with van der Waals surface area (Å²) in [7, 11) is 0. The summed E-state index contributed by atoms with van der Waals surface area (Å²) in [6.45, 7) is 6.60. The summed E-state index contributed by atoms with van der Waals surface area (Å²) in [5, 5.41) is 15.1. The summed E-state index contributed by atoms with van der Waals surface area (Å²) in [6, 6.07) is -0.993. The van der Waals surface area contributed by atoms with Gasteiger partial charge in [0.2, 0.25) is 11.8 Å². The number of aliphatic hydroxyl groups is 1. The van der Waals surface area contributed by atoms with Gasteiger partial charge in [-0.3, -0.25) is 9.59 Å². The van der Waals surface area contributed by atoms with Crippen LogP contribution in [0.1, 0.15) is 39.8 Å². The molecule has 1 aromatic heterocycles. The van der Waals surface area contributed by atoms with E-state index >= 15 is 0 Å². The number of nitrogens with zero attached hydrogens (tertiary/aromatic N) is 1. The molecule has 1 aromatic rings. The minimum atomic E-state index is -4.59. The maximum atomic E-state index is 12.5. The molecule has 0 aliphatic heterocycles. The van der Waals surface area contributed by atoms with E-state index in [-0.39, 0.29) is 11.6 Å². The van der Waals surface area contributed by atoms with Crippen LogP contribution in [0.5, 0.6) is 0 Å². The van der Waals surface area contributed by atoms with Gasteiger partial charge in [-0.25, -0.2) is 4.98 Å². The van der Waals surface area contributed by atoms with Crippen molar-refractivity contribution in [3.63, 3.8) is 0 Å². The Kier molecular flexibility index (Phi) is 6.34. The first-order valence-corrected chi connectivity index (χ1v) is 8.06. The molecule has 136 valence electrons. The van der Waals surface area contributed by atoms with Gasteiger partial charge in [-0.05, 0) is 11.8 Å². The number of hydrogen-bond donors (Lipinski definition) is 3. The van der Waals surface area contributed by atoms with Gasteiger partial charge in [0.25, 0.3) is 0 Å². The molecule has 6 nitrogen and oxygen atoms in total. The molecule has 24 heavy (non-hydrogen) atoms. The Morgan fingerprint density at radius 1 is 1.29 bits per heavy atom. The Morgan fingerprint density at radius 3 is 2.29 bits per heavy atom. The molecule has 0 saturated heterocycles. The molecule has 0 saturated carbocycles. The topological polar surface area (TPSA) is 91.3 Å². The number of alkyl halides is 3. The number of thiazole rings is 1. The number of aromatic nitrogens is 1. The second-order valence-corrected chi connectivity index (χ2v) is 7.12. The highest BCUT2D eigenvalue weighted by molar-refractivity contribution is 7.13. The van der Waals surface area contributed by atoms with Gasteiger partial charge in [0.1, 0.15) is 12.1 Å². The molecule has 0 bridgehead atoms. The second-order valence-electron chi connectivity index (χ2n) is 6.26. The molecule has 0 aromatic carbocycles. The molecule has 3 N–H and O–H groups in total. The van der Waals surface area contributed by atoms with E-state index < -0.39 is 41.2 Å². The van der Waals surface area contributed by atoms with E-state index in [9.17, 15) is 27.9 Å². The molecular weight excluding hydrogens is 347 g/mol. The SMILES string of the molecule is CCC(NC(=O)C(O)C(C)(C)C)C(=O)Nc1nc(C(F)(F)F)cs1. The van der Waals surface area contributed by atoms with E-state index in [1.165, 1.54) is 0 Å². The van der Waals surface area contributed by atoms with Crippen molar-refractivity contribution in [2.24, 2.45) is 5.41 Å². The number of nitrogens with one attached hydrogen (secondary N) is 2. The highest BCUT2D eigenvalue weighted by Crippen LogP contribution is 2.31. The van der Waals surface area contributed by atoms with Gasteiger partial charge >= 0.3 is 6.18 Å². The maximum absolute atomic E-state index is 12.5. The number of halogens is 3. The van der Waals surface area contributed by atoms with Crippen LogP contribution in [-0.4, -0.2) is 34.1 Å². The van der Waals surface area contributed by atoms with E-state index in [2.05, 4.69) is 15.6 Å². The maximum Gasteiger partial charge on any atom is 0.434 e. The molecule has 0 aliphatic rings. The lowest BCUT2D eigenvalue weighted by molar-refractivity contribution is -0.140. The molecule has 1 heterocycles. The van der Waals surface area contributed by atoms with Crippen molar-refractivity contribution in [3.8, 4) is 0 Å². The van der Waals surface area contributed by atoms with Crippen LogP contribution < -0.4 is 10.6 Å². The van der Waals surface area contributed by atoms with Crippen LogP contribution in [0.2, 0.25) is 0 Å². The molecule has 2 amide bonds. The van der Waals surface area contributed by atoms with E-state index in [0.717, 1.165) is 5.38 Å². The third kappa shape index (κ3) is 5.45. The number of carbonyl (C=O) groups is 2. The van der Waals surface area contributed by atoms with Gasteiger partial charge in [0.15, 0.2) is 10.8 Å². The zero-order chi connectivity index (χ0) is 18.7. The largest absolute Gasteiger partial charge is 0.434 e. The number of carbonyl (C=O) groups excluding carboxylic acids is 2. The van der Waals surface area contributed by atoms with Gasteiger partial charge in [0.05, 0.1) is 0 Å². The predicted octanol–water partition coefficient (Wildman–Crippen LogP) is 2.40. The Balaban J connectivity index is 2.74. The zero-order valence-corrected chi connectivity index (χ0v) is 14.5. The Labute approximate surface area is 141 Å². The fourth-order valence-corrected chi connectivity index (χ4v) is 2.37. The monoisotopic (exact) mass is 367 g/mol. The van der Waals surface area contributed by atoms with E-state index in [1.807, 2.05) is 0 Å². The molecule has 2 unspecified atom stereocenters. The number of amides is 2. The summed E-state index contributed by atoms with van der Waals surface area (Å²) in [5.41, 5.74) is -1.81. The lowest BCUT2D eigenvalue weighted by Gasteiger charge is -2.26. The summed E-state index contributed by atoms with van der Waals surface area (Å²) >= 11 is 0.637. The molecule has 1 rings (SSSR count). The lowest BCUT2D eigenvalue weighted by atomic mass is 9.88. The predicted molar refractivity (Wildman–Crippen MR) is 83.4 cm³/mol. The fraction of sp³-hybridized carbons (Fsp3) is 0.643. The van der Waals surface area contributed by atoms with Crippen LogP contribution in [0.25, 0.3) is 0 Å². The summed E-state index contributed by atoms with van der Waals surface area (Å²) in [6.07, 6.45) is -5.71. The molecule has 0 radical (unpaired) electrons. The average molecular weight is 367 g/mol. The highest BCUT2D eigenvalue weighted by Gasteiger charge is 2.34. The molecule has 2 atom stereocenters. The molecular formula is C14H20F3N3O3S. The van der Waals surface area contributed by atoms with Crippen molar-refractivity contribution in [1.82, 2.24) is 10.3 Å². The summed E-state index contributed by atoms with van der Waals surface area (Å²) in [4.78, 5) is 27.3. The summed E-state index contributed by atoms with van der Waals surface area (Å²) < 4.78 is 37.4. The van der Waals surface area contributed by atoms with Crippen molar-refractivity contribution in [1.29, 1.82) is 0 Å². The normalized spacial score (nSPS) is 14.8. The van der Waals surface area contributed by atoms with Gasteiger partial charge in [-0.2, -0.15) is 13.2 Å². The Morgan fingerprint density at radius 2 is 1.88 bits per heavy atom. The van der Waals surface area contributed by atoms with Crippen LogP contribution >= 0.6 is 11.3 Å². The van der Waals surface area contributed by atoms with E-state index in [4.69, 9.17) is 0 Å². The van der Waals surface area contributed by atoms with Gasteiger partial charge in [-0.15, -0.1) is 11.3 Å². The number of aliphatic hydroxyl groups excluding tert-OH is 1. The molecule has 10 heteroatoms. The average Bonchev–Trinajstić information content (AvgIpc) is 2.90. The first-order valence-electron chi connectivity index (χ1n) is 7.18. The molecule has 0 aliphatic carbocycles. The van der Waals surface area contributed by atoms with Gasteiger partial charge < -0.3 is 15.7 Å². The van der Waals surface area contributed by atoms with Gasteiger partial charge in [0, 0.05) is 5.38 Å². The van der Waals surface area contributed by atoms with Crippen LogP contribution in [0.4, 0.5) is 18.3 Å². The first-order chi connectivity index (χ1) is 10.9. The standard InChI is InChI=1S/C14H20F3N3O3S/c1-5-7(18-11(23)9(21)13(2,3)4)10(22)20-12-19-8(6-24-12)14(15,16)17/h6-7,9,21H,5H2,1-4H3,(H,18,23)(H,19,20,22). The molecule has 0 fully saturated rings. The lowest BCUT2D eigenvalue weighted by Crippen LogP contribution is -2.50. The quantitative estimate of drug-likeness (QED) is 0.745. The Bertz CT molecular complexity index is 596. The van der Waals surface area contributed by atoms with Gasteiger partial charge in [-0.1, -0.05) is 27.7 Å². The highest BCUT2D eigenvalue weighted by atomic mass is 32.1. The second kappa shape index (κ2) is 7.47. The third-order valence-electron chi connectivity index (χ3n) is 3.13.